The number of aliphatic carboxylic acids is 1. The summed E-state index contributed by atoms with van der Waals surface area (Å²) >= 11 is 0. The number of piperidine rings is 1. The van der Waals surface area contributed by atoms with E-state index >= 15 is 0 Å². The molecule has 2 heterocycles. The molecule has 0 amide bonds. The van der Waals surface area contributed by atoms with Gasteiger partial charge in [0.05, 0.1) is 0 Å². The van der Waals surface area contributed by atoms with Crippen LogP contribution in [-0.2, 0) is 21.4 Å². The monoisotopic (exact) mass is 365 g/mol. The molecule has 1 aliphatic heterocycles. The summed E-state index contributed by atoms with van der Waals surface area (Å²) in [6, 6.07) is 6.34. The summed E-state index contributed by atoms with van der Waals surface area (Å²) in [5.74, 6) is -0.688. The van der Waals surface area contributed by atoms with Crippen molar-refractivity contribution in [3.05, 3.63) is 36.0 Å². The van der Waals surface area contributed by atoms with Crippen LogP contribution in [0.25, 0.3) is 10.9 Å². The van der Waals surface area contributed by atoms with E-state index in [1.807, 2.05) is 24.3 Å². The Balaban J connectivity index is 1.76. The van der Waals surface area contributed by atoms with E-state index in [1.165, 1.54) is 4.31 Å². The van der Waals surface area contributed by atoms with E-state index in [-0.39, 0.29) is 6.42 Å². The number of hydrogen-bond acceptors (Lipinski definition) is 3. The van der Waals surface area contributed by atoms with Gasteiger partial charge in [0.15, 0.2) is 0 Å². The highest BCUT2D eigenvalue weighted by molar-refractivity contribution is 7.87. The number of benzene rings is 1. The fourth-order valence-electron chi connectivity index (χ4n) is 3.18. The van der Waals surface area contributed by atoms with E-state index < -0.39 is 22.2 Å². The number of nitrogens with one attached hydrogen (secondary N) is 2. The Labute approximate surface area is 147 Å². The van der Waals surface area contributed by atoms with Crippen molar-refractivity contribution in [3.63, 3.8) is 0 Å². The molecule has 7 nitrogen and oxygen atoms in total. The third-order valence-electron chi connectivity index (χ3n) is 4.77. The zero-order valence-corrected chi connectivity index (χ0v) is 14.9. The van der Waals surface area contributed by atoms with Gasteiger partial charge in [0, 0.05) is 36.6 Å². The molecule has 0 bridgehead atoms. The first-order valence-corrected chi connectivity index (χ1v) is 9.86. The third kappa shape index (κ3) is 4.02. The second kappa shape index (κ2) is 7.15. The van der Waals surface area contributed by atoms with Crippen molar-refractivity contribution < 1.29 is 18.3 Å². The standard InChI is InChI=1S/C17H23N3O4S/c1-12-6-8-20(9-7-12)25(23,24)19-16(17(21)22)10-13-11-18-15-5-3-2-4-14(13)15/h2-5,11-12,16,18-19H,6-10H2,1H3,(H,21,22)/t16-/m1/s1. The Hall–Kier alpha value is -1.90. The molecule has 1 aliphatic rings. The van der Waals surface area contributed by atoms with E-state index in [2.05, 4.69) is 16.6 Å². The largest absolute Gasteiger partial charge is 0.480 e. The third-order valence-corrected chi connectivity index (χ3v) is 6.40. The fourth-order valence-corrected chi connectivity index (χ4v) is 4.56. The molecular weight excluding hydrogens is 342 g/mol. The summed E-state index contributed by atoms with van der Waals surface area (Å²) in [4.78, 5) is 14.7. The van der Waals surface area contributed by atoms with Gasteiger partial charge < -0.3 is 10.1 Å². The van der Waals surface area contributed by atoms with Gasteiger partial charge in [0.2, 0.25) is 0 Å². The highest BCUT2D eigenvalue weighted by Crippen LogP contribution is 2.21. The average Bonchev–Trinajstić information content (AvgIpc) is 2.97. The number of aromatic nitrogens is 1. The van der Waals surface area contributed by atoms with Crippen molar-refractivity contribution in [1.29, 1.82) is 0 Å². The highest BCUT2D eigenvalue weighted by atomic mass is 32.2. The van der Waals surface area contributed by atoms with Crippen LogP contribution >= 0.6 is 0 Å². The number of H-pyrrole nitrogens is 1. The first-order valence-electron chi connectivity index (χ1n) is 8.42. The minimum absolute atomic E-state index is 0.0861. The van der Waals surface area contributed by atoms with Crippen molar-refractivity contribution in [2.24, 2.45) is 5.92 Å². The molecule has 136 valence electrons. The zero-order chi connectivity index (χ0) is 18.0. The van der Waals surface area contributed by atoms with Gasteiger partial charge in [-0.05, 0) is 30.4 Å². The predicted molar refractivity (Wildman–Crippen MR) is 95.5 cm³/mol. The van der Waals surface area contributed by atoms with E-state index in [1.54, 1.807) is 6.20 Å². The Morgan fingerprint density at radius 3 is 2.72 bits per heavy atom. The molecule has 0 saturated carbocycles. The summed E-state index contributed by atoms with van der Waals surface area (Å²) in [6.07, 6.45) is 3.41. The van der Waals surface area contributed by atoms with Crippen molar-refractivity contribution in [2.75, 3.05) is 13.1 Å². The highest BCUT2D eigenvalue weighted by Gasteiger charge is 2.31. The van der Waals surface area contributed by atoms with Crippen LogP contribution in [0.4, 0.5) is 0 Å². The van der Waals surface area contributed by atoms with Crippen molar-refractivity contribution in [2.45, 2.75) is 32.2 Å². The Kier molecular flexibility index (Phi) is 5.12. The Morgan fingerprint density at radius 1 is 1.36 bits per heavy atom. The van der Waals surface area contributed by atoms with Gasteiger partial charge in [0.1, 0.15) is 6.04 Å². The molecule has 2 aromatic rings. The lowest BCUT2D eigenvalue weighted by Crippen LogP contribution is -2.51. The summed E-state index contributed by atoms with van der Waals surface area (Å²) in [5.41, 5.74) is 1.67. The first kappa shape index (κ1) is 17.9. The second-order valence-electron chi connectivity index (χ2n) is 6.66. The van der Waals surface area contributed by atoms with Crippen LogP contribution in [0.2, 0.25) is 0 Å². The van der Waals surface area contributed by atoms with Gasteiger partial charge in [-0.15, -0.1) is 0 Å². The SMILES string of the molecule is CC1CCN(S(=O)(=O)N[C@H](Cc2c[nH]c3ccccc23)C(=O)O)CC1. The van der Waals surface area contributed by atoms with E-state index in [9.17, 15) is 18.3 Å². The molecule has 0 aliphatic carbocycles. The lowest BCUT2D eigenvalue weighted by molar-refractivity contribution is -0.138. The molecule has 1 fully saturated rings. The number of rotatable bonds is 6. The zero-order valence-electron chi connectivity index (χ0n) is 14.1. The summed E-state index contributed by atoms with van der Waals surface area (Å²) in [6.45, 7) is 2.94. The van der Waals surface area contributed by atoms with Crippen LogP contribution in [0.15, 0.2) is 30.5 Å². The molecule has 3 rings (SSSR count). The molecule has 1 aromatic heterocycles. The molecule has 0 spiro atoms. The van der Waals surface area contributed by atoms with Crippen molar-refractivity contribution in [1.82, 2.24) is 14.0 Å². The maximum atomic E-state index is 12.5. The second-order valence-corrected chi connectivity index (χ2v) is 8.36. The van der Waals surface area contributed by atoms with Crippen LogP contribution < -0.4 is 4.72 Å². The number of nitrogens with zero attached hydrogens (tertiary/aromatic N) is 1. The minimum Gasteiger partial charge on any atom is -0.480 e. The number of aromatic amines is 1. The molecular formula is C17H23N3O4S. The van der Waals surface area contributed by atoms with Gasteiger partial charge in [-0.3, -0.25) is 4.79 Å². The molecule has 1 saturated heterocycles. The topological polar surface area (TPSA) is 103 Å². The number of carboxylic acid groups (broad SMARTS) is 1. The smallest absolute Gasteiger partial charge is 0.322 e. The van der Waals surface area contributed by atoms with Gasteiger partial charge in [0.25, 0.3) is 10.2 Å². The van der Waals surface area contributed by atoms with E-state index in [4.69, 9.17) is 0 Å². The van der Waals surface area contributed by atoms with Crippen LogP contribution in [0.3, 0.4) is 0 Å². The molecule has 8 heteroatoms. The lowest BCUT2D eigenvalue weighted by atomic mass is 10.0. The fraction of sp³-hybridized carbons (Fsp3) is 0.471. The van der Waals surface area contributed by atoms with E-state index in [0.717, 1.165) is 29.3 Å². The quantitative estimate of drug-likeness (QED) is 0.725. The molecule has 1 aromatic carbocycles. The number of para-hydroxylation sites is 1. The molecule has 25 heavy (non-hydrogen) atoms. The molecule has 1 atom stereocenters. The van der Waals surface area contributed by atoms with E-state index in [0.29, 0.717) is 19.0 Å². The van der Waals surface area contributed by atoms with Crippen LogP contribution in [-0.4, -0.2) is 47.9 Å². The van der Waals surface area contributed by atoms with Crippen molar-refractivity contribution >= 4 is 27.1 Å². The minimum atomic E-state index is -3.82. The number of carboxylic acids is 1. The number of fused-ring (bicyclic) bond motifs is 1. The van der Waals surface area contributed by atoms with Crippen LogP contribution in [0.1, 0.15) is 25.3 Å². The molecule has 0 radical (unpaired) electrons. The van der Waals surface area contributed by atoms with Gasteiger partial charge >= 0.3 is 5.97 Å². The lowest BCUT2D eigenvalue weighted by Gasteiger charge is -2.30. The van der Waals surface area contributed by atoms with Gasteiger partial charge in [-0.25, -0.2) is 0 Å². The molecule has 0 unspecified atom stereocenters. The summed E-state index contributed by atoms with van der Waals surface area (Å²) in [7, 11) is -3.82. The van der Waals surface area contributed by atoms with Crippen LogP contribution in [0, 0.1) is 5.92 Å². The summed E-state index contributed by atoms with van der Waals surface area (Å²) in [5, 5.41) is 10.4. The maximum absolute atomic E-state index is 12.5. The van der Waals surface area contributed by atoms with Gasteiger partial charge in [-0.2, -0.15) is 17.4 Å². The molecule has 3 N–H and O–H groups in total. The Bertz CT molecular complexity index is 854. The normalized spacial score (nSPS) is 18.4. The van der Waals surface area contributed by atoms with Crippen LogP contribution in [0.5, 0.6) is 0 Å². The average molecular weight is 365 g/mol. The number of carbonyl (C=O) groups is 1. The maximum Gasteiger partial charge on any atom is 0.322 e. The van der Waals surface area contributed by atoms with Gasteiger partial charge in [-0.1, -0.05) is 25.1 Å². The Morgan fingerprint density at radius 2 is 2.04 bits per heavy atom. The first-order chi connectivity index (χ1) is 11.9. The number of hydrogen-bond donors (Lipinski definition) is 3. The predicted octanol–water partition coefficient (Wildman–Crippen LogP) is 1.73. The summed E-state index contributed by atoms with van der Waals surface area (Å²) < 4.78 is 28.8. The van der Waals surface area contributed by atoms with Crippen molar-refractivity contribution in [3.8, 4) is 0 Å².